The number of hydrogen-bond donors (Lipinski definition) is 2. The molecule has 72 valence electrons. The van der Waals surface area contributed by atoms with E-state index in [9.17, 15) is 4.39 Å². The highest BCUT2D eigenvalue weighted by Crippen LogP contribution is 2.37. The summed E-state index contributed by atoms with van der Waals surface area (Å²) >= 11 is 0. The molecule has 3 N–H and O–H groups in total. The number of alkyl halides is 1. The molecule has 1 fully saturated rings. The van der Waals surface area contributed by atoms with E-state index in [1.165, 1.54) is 12.8 Å². The van der Waals surface area contributed by atoms with Gasteiger partial charge < -0.3 is 10.8 Å². The fourth-order valence-electron chi connectivity index (χ4n) is 1.56. The first-order chi connectivity index (χ1) is 5.70. The molecule has 1 aliphatic rings. The molecular weight excluding hydrogens is 157 g/mol. The van der Waals surface area contributed by atoms with Gasteiger partial charge in [0.1, 0.15) is 0 Å². The summed E-state index contributed by atoms with van der Waals surface area (Å²) in [6, 6.07) is 0. The van der Waals surface area contributed by atoms with Gasteiger partial charge >= 0.3 is 0 Å². The first kappa shape index (κ1) is 9.93. The fourth-order valence-corrected chi connectivity index (χ4v) is 1.56. The maximum Gasteiger partial charge on any atom is 0.0895 e. The molecule has 2 nitrogen and oxygen atoms in total. The third kappa shape index (κ3) is 3.07. The lowest BCUT2D eigenvalue weighted by molar-refractivity contribution is 0.167. The molecule has 0 spiro atoms. The van der Waals surface area contributed by atoms with E-state index >= 15 is 0 Å². The van der Waals surface area contributed by atoms with E-state index in [4.69, 9.17) is 10.8 Å². The van der Waals surface area contributed by atoms with Gasteiger partial charge in [0.05, 0.1) is 13.3 Å². The Labute approximate surface area is 73.0 Å². The third-order valence-corrected chi connectivity index (χ3v) is 2.52. The van der Waals surface area contributed by atoms with E-state index in [0.29, 0.717) is 18.8 Å². The zero-order valence-electron chi connectivity index (χ0n) is 7.43. The zero-order valence-corrected chi connectivity index (χ0v) is 7.43. The molecule has 12 heavy (non-hydrogen) atoms. The highest BCUT2D eigenvalue weighted by Gasteiger charge is 2.32. The minimum atomic E-state index is -0.507. The van der Waals surface area contributed by atoms with E-state index in [2.05, 4.69) is 0 Å². The lowest BCUT2D eigenvalue weighted by atomic mass is 9.90. The number of aliphatic hydroxyl groups is 1. The smallest absolute Gasteiger partial charge is 0.0895 e. The molecule has 0 heterocycles. The van der Waals surface area contributed by atoms with Crippen molar-refractivity contribution in [2.45, 2.75) is 37.6 Å². The summed E-state index contributed by atoms with van der Waals surface area (Å²) in [5.41, 5.74) is 5.40. The van der Waals surface area contributed by atoms with E-state index in [1.54, 1.807) is 0 Å². The summed E-state index contributed by atoms with van der Waals surface area (Å²) in [5.74, 6) is 0.696. The zero-order chi connectivity index (χ0) is 9.03. The van der Waals surface area contributed by atoms with E-state index in [1.807, 2.05) is 0 Å². The lowest BCUT2D eigenvalue weighted by Gasteiger charge is -2.26. The summed E-state index contributed by atoms with van der Waals surface area (Å²) in [6.45, 7) is -0.340. The molecule has 0 radical (unpaired) electrons. The van der Waals surface area contributed by atoms with Crippen molar-refractivity contribution in [3.63, 3.8) is 0 Å². The molecule has 1 aliphatic carbocycles. The van der Waals surface area contributed by atoms with E-state index in [0.717, 1.165) is 6.42 Å². The van der Waals surface area contributed by atoms with E-state index in [-0.39, 0.29) is 13.3 Å². The van der Waals surface area contributed by atoms with Gasteiger partial charge in [0.15, 0.2) is 0 Å². The molecule has 0 amide bonds. The van der Waals surface area contributed by atoms with Crippen LogP contribution in [0.15, 0.2) is 0 Å². The quantitative estimate of drug-likeness (QED) is 0.637. The molecule has 1 rings (SSSR count). The second-order valence-corrected chi connectivity index (χ2v) is 3.96. The van der Waals surface area contributed by atoms with Crippen LogP contribution >= 0.6 is 0 Å². The largest absolute Gasteiger partial charge is 0.394 e. The Kier molecular flexibility index (Phi) is 3.47. The molecule has 0 bridgehead atoms. The maximum absolute atomic E-state index is 11.9. The number of aliphatic hydroxyl groups excluding tert-OH is 1. The average Bonchev–Trinajstić information content (AvgIpc) is 2.85. The van der Waals surface area contributed by atoms with Crippen LogP contribution in [0, 0.1) is 5.92 Å². The summed E-state index contributed by atoms with van der Waals surface area (Å²) in [4.78, 5) is 0. The monoisotopic (exact) mass is 175 g/mol. The Morgan fingerprint density at radius 2 is 2.17 bits per heavy atom. The lowest BCUT2D eigenvalue weighted by Crippen LogP contribution is -2.44. The SMILES string of the molecule is N[C@](CO)(CCCF)CC1CC1. The maximum atomic E-state index is 11.9. The Balaban J connectivity index is 2.25. The van der Waals surface area contributed by atoms with Gasteiger partial charge in [-0.3, -0.25) is 4.39 Å². The van der Waals surface area contributed by atoms with Gasteiger partial charge in [0, 0.05) is 5.54 Å². The molecule has 1 atom stereocenters. The molecule has 0 unspecified atom stereocenters. The van der Waals surface area contributed by atoms with Gasteiger partial charge in [-0.15, -0.1) is 0 Å². The van der Waals surface area contributed by atoms with Gasteiger partial charge in [-0.2, -0.15) is 0 Å². The van der Waals surface area contributed by atoms with Gasteiger partial charge in [0.25, 0.3) is 0 Å². The minimum Gasteiger partial charge on any atom is -0.394 e. The van der Waals surface area contributed by atoms with Gasteiger partial charge in [-0.25, -0.2) is 0 Å². The topological polar surface area (TPSA) is 46.2 Å². The molecule has 0 aromatic heterocycles. The molecule has 0 aliphatic heterocycles. The summed E-state index contributed by atoms with van der Waals surface area (Å²) < 4.78 is 11.9. The van der Waals surface area contributed by atoms with Crippen LogP contribution in [0.3, 0.4) is 0 Å². The predicted molar refractivity (Wildman–Crippen MR) is 46.6 cm³/mol. The van der Waals surface area contributed by atoms with Crippen molar-refractivity contribution in [2.24, 2.45) is 11.7 Å². The van der Waals surface area contributed by atoms with Crippen molar-refractivity contribution in [2.75, 3.05) is 13.3 Å². The molecule has 0 aromatic rings. The van der Waals surface area contributed by atoms with Crippen LogP contribution in [-0.2, 0) is 0 Å². The van der Waals surface area contributed by atoms with Gasteiger partial charge in [-0.1, -0.05) is 12.8 Å². The second-order valence-electron chi connectivity index (χ2n) is 3.96. The van der Waals surface area contributed by atoms with Crippen LogP contribution in [0.2, 0.25) is 0 Å². The highest BCUT2D eigenvalue weighted by atomic mass is 19.1. The molecule has 1 saturated carbocycles. The van der Waals surface area contributed by atoms with Crippen LogP contribution in [0.1, 0.15) is 32.1 Å². The average molecular weight is 175 g/mol. The van der Waals surface area contributed by atoms with Crippen molar-refractivity contribution >= 4 is 0 Å². The molecule has 0 saturated heterocycles. The van der Waals surface area contributed by atoms with Crippen molar-refractivity contribution in [3.05, 3.63) is 0 Å². The Bertz CT molecular complexity index is 138. The van der Waals surface area contributed by atoms with Crippen molar-refractivity contribution < 1.29 is 9.50 Å². The van der Waals surface area contributed by atoms with E-state index < -0.39 is 5.54 Å². The predicted octanol–water partition coefficient (Wildman–Crippen LogP) is 1.23. The molecular formula is C9H18FNO. The van der Waals surface area contributed by atoms with Crippen molar-refractivity contribution in [1.29, 1.82) is 0 Å². The van der Waals surface area contributed by atoms with Crippen molar-refractivity contribution in [1.82, 2.24) is 0 Å². The number of hydrogen-bond acceptors (Lipinski definition) is 2. The normalized spacial score (nSPS) is 22.2. The van der Waals surface area contributed by atoms with Crippen LogP contribution < -0.4 is 5.73 Å². The first-order valence-corrected chi connectivity index (χ1v) is 4.66. The standard InChI is InChI=1S/C9H18FNO/c10-5-1-4-9(11,7-12)6-8-2-3-8/h8,12H,1-7,11H2/t9-/m1/s1. The molecule has 0 aromatic carbocycles. The van der Waals surface area contributed by atoms with Gasteiger partial charge in [0.2, 0.25) is 0 Å². The van der Waals surface area contributed by atoms with Crippen molar-refractivity contribution in [3.8, 4) is 0 Å². The Morgan fingerprint density at radius 1 is 1.50 bits per heavy atom. The highest BCUT2D eigenvalue weighted by molar-refractivity contribution is 4.90. The Hall–Kier alpha value is -0.150. The third-order valence-electron chi connectivity index (χ3n) is 2.52. The minimum absolute atomic E-state index is 0.0104. The fraction of sp³-hybridized carbons (Fsp3) is 1.00. The second kappa shape index (κ2) is 4.19. The molecule has 3 heteroatoms. The Morgan fingerprint density at radius 3 is 2.58 bits per heavy atom. The van der Waals surface area contributed by atoms with Crippen LogP contribution in [0.5, 0.6) is 0 Å². The van der Waals surface area contributed by atoms with Crippen LogP contribution in [0.4, 0.5) is 4.39 Å². The number of halogens is 1. The van der Waals surface area contributed by atoms with Gasteiger partial charge in [-0.05, 0) is 25.2 Å². The van der Waals surface area contributed by atoms with Crippen LogP contribution in [0.25, 0.3) is 0 Å². The van der Waals surface area contributed by atoms with Crippen LogP contribution in [-0.4, -0.2) is 23.9 Å². The number of rotatable bonds is 6. The summed E-state index contributed by atoms with van der Waals surface area (Å²) in [6.07, 6.45) is 4.41. The summed E-state index contributed by atoms with van der Waals surface area (Å²) in [5, 5.41) is 9.04. The summed E-state index contributed by atoms with van der Waals surface area (Å²) in [7, 11) is 0. The number of nitrogens with two attached hydrogens (primary N) is 1. The first-order valence-electron chi connectivity index (χ1n) is 4.66.